The Morgan fingerprint density at radius 2 is 1.97 bits per heavy atom. The molecular weight excluding hydrogens is 383 g/mol. The van der Waals surface area contributed by atoms with Gasteiger partial charge in [-0.25, -0.2) is 4.39 Å². The van der Waals surface area contributed by atoms with Gasteiger partial charge in [-0.2, -0.15) is 0 Å². The number of rotatable bonds is 5. The van der Waals surface area contributed by atoms with Crippen LogP contribution in [0.4, 0.5) is 4.39 Å². The first-order chi connectivity index (χ1) is 14.4. The maximum Gasteiger partial charge on any atom is 0.260 e. The highest BCUT2D eigenvalue weighted by Crippen LogP contribution is 2.35. The molecule has 1 saturated heterocycles. The van der Waals surface area contributed by atoms with Gasteiger partial charge in [0.05, 0.1) is 24.4 Å². The van der Waals surface area contributed by atoms with Crippen molar-refractivity contribution < 1.29 is 13.9 Å². The highest BCUT2D eigenvalue weighted by molar-refractivity contribution is 5.41. The molecule has 1 atom stereocenters. The van der Waals surface area contributed by atoms with Crippen molar-refractivity contribution in [2.45, 2.75) is 39.3 Å². The molecule has 1 aromatic carbocycles. The van der Waals surface area contributed by atoms with Crippen LogP contribution in [-0.4, -0.2) is 27.7 Å². The van der Waals surface area contributed by atoms with Crippen LogP contribution >= 0.6 is 0 Å². The van der Waals surface area contributed by atoms with E-state index >= 15 is 0 Å². The van der Waals surface area contributed by atoms with Crippen LogP contribution in [0, 0.1) is 18.7 Å². The topological polar surface area (TPSA) is 58.6 Å². The van der Waals surface area contributed by atoms with Crippen LogP contribution in [0.3, 0.4) is 0 Å². The maximum atomic E-state index is 14.1. The largest absolute Gasteiger partial charge is 0.507 e. The molecule has 2 aromatic heterocycles. The summed E-state index contributed by atoms with van der Waals surface area (Å²) < 4.78 is 21.1. The fourth-order valence-electron chi connectivity index (χ4n) is 4.30. The zero-order valence-corrected chi connectivity index (χ0v) is 17.3. The van der Waals surface area contributed by atoms with Gasteiger partial charge in [0.25, 0.3) is 5.56 Å². The zero-order chi connectivity index (χ0) is 21.3. The lowest BCUT2D eigenvalue weighted by Crippen LogP contribution is -2.40. The van der Waals surface area contributed by atoms with Crippen molar-refractivity contribution in [3.8, 4) is 5.75 Å². The van der Waals surface area contributed by atoms with Crippen molar-refractivity contribution in [3.05, 3.63) is 87.5 Å². The second-order valence-electron chi connectivity index (χ2n) is 8.23. The van der Waals surface area contributed by atoms with Gasteiger partial charge < -0.3 is 14.1 Å². The molecule has 30 heavy (non-hydrogen) atoms. The van der Waals surface area contributed by atoms with E-state index in [1.165, 1.54) is 12.1 Å². The molecule has 0 bridgehead atoms. The van der Waals surface area contributed by atoms with E-state index < -0.39 is 6.04 Å². The van der Waals surface area contributed by atoms with Crippen LogP contribution in [0.1, 0.15) is 48.4 Å². The lowest BCUT2D eigenvalue weighted by molar-refractivity contribution is 0.154. The second kappa shape index (κ2) is 8.48. The van der Waals surface area contributed by atoms with Crippen molar-refractivity contribution >= 4 is 0 Å². The molecule has 3 aromatic rings. The van der Waals surface area contributed by atoms with Crippen LogP contribution in [-0.2, 0) is 6.54 Å². The molecule has 0 unspecified atom stereocenters. The fraction of sp³-hybridized carbons (Fsp3) is 0.375. The monoisotopic (exact) mass is 410 g/mol. The van der Waals surface area contributed by atoms with Gasteiger partial charge in [0.15, 0.2) is 0 Å². The summed E-state index contributed by atoms with van der Waals surface area (Å²) in [6.07, 6.45) is 3.57. The van der Waals surface area contributed by atoms with Crippen LogP contribution < -0.4 is 5.56 Å². The van der Waals surface area contributed by atoms with Crippen molar-refractivity contribution in [3.63, 3.8) is 0 Å². The van der Waals surface area contributed by atoms with Gasteiger partial charge in [-0.1, -0.05) is 19.1 Å². The maximum absolute atomic E-state index is 14.1. The van der Waals surface area contributed by atoms with Gasteiger partial charge in [0.2, 0.25) is 0 Å². The lowest BCUT2D eigenvalue weighted by atomic mass is 9.92. The minimum absolute atomic E-state index is 0.0546. The Morgan fingerprint density at radius 1 is 1.20 bits per heavy atom. The molecule has 1 aliphatic rings. The van der Waals surface area contributed by atoms with Crippen molar-refractivity contribution in [2.75, 3.05) is 13.1 Å². The molecular formula is C24H27FN2O3. The zero-order valence-electron chi connectivity index (χ0n) is 17.3. The normalized spacial score (nSPS) is 16.6. The van der Waals surface area contributed by atoms with Gasteiger partial charge in [-0.3, -0.25) is 9.69 Å². The van der Waals surface area contributed by atoms with E-state index in [9.17, 15) is 14.3 Å². The van der Waals surface area contributed by atoms with Crippen molar-refractivity contribution in [2.24, 2.45) is 5.92 Å². The van der Waals surface area contributed by atoms with Crippen molar-refractivity contribution in [1.82, 2.24) is 9.47 Å². The first-order valence-corrected chi connectivity index (χ1v) is 10.4. The van der Waals surface area contributed by atoms with Crippen molar-refractivity contribution in [1.29, 1.82) is 0 Å². The Kier molecular flexibility index (Phi) is 5.77. The Morgan fingerprint density at radius 3 is 2.63 bits per heavy atom. The van der Waals surface area contributed by atoms with E-state index in [0.717, 1.165) is 25.9 Å². The minimum Gasteiger partial charge on any atom is -0.507 e. The number of aromatic hydroxyl groups is 1. The van der Waals surface area contributed by atoms with E-state index in [1.807, 2.05) is 12.1 Å². The average Bonchev–Trinajstić information content (AvgIpc) is 3.22. The second-order valence-corrected chi connectivity index (χ2v) is 8.23. The van der Waals surface area contributed by atoms with Crippen LogP contribution in [0.5, 0.6) is 5.75 Å². The summed E-state index contributed by atoms with van der Waals surface area (Å²) in [6.45, 7) is 5.85. The average molecular weight is 410 g/mol. The molecule has 1 aliphatic heterocycles. The SMILES string of the molecule is Cc1cc(O)c([C@@H](c2cccc(F)c2)N2CCC(C)CC2)c(=O)n1Cc1ccco1. The first kappa shape index (κ1) is 20.4. The molecule has 6 heteroatoms. The molecule has 0 aliphatic carbocycles. The summed E-state index contributed by atoms with van der Waals surface area (Å²) in [5.74, 6) is 0.856. The number of pyridine rings is 1. The molecule has 5 nitrogen and oxygen atoms in total. The molecule has 1 N–H and O–H groups in total. The molecule has 3 heterocycles. The minimum atomic E-state index is -0.510. The smallest absolute Gasteiger partial charge is 0.260 e. The fourth-order valence-corrected chi connectivity index (χ4v) is 4.30. The summed E-state index contributed by atoms with van der Waals surface area (Å²) >= 11 is 0. The van der Waals surface area contributed by atoms with E-state index in [-0.39, 0.29) is 29.2 Å². The number of furan rings is 1. The number of likely N-dealkylation sites (tertiary alicyclic amines) is 1. The Labute approximate surface area is 175 Å². The Bertz CT molecular complexity index is 1070. The van der Waals surface area contributed by atoms with Gasteiger partial charge >= 0.3 is 0 Å². The number of benzene rings is 1. The summed E-state index contributed by atoms with van der Waals surface area (Å²) in [4.78, 5) is 15.8. The summed E-state index contributed by atoms with van der Waals surface area (Å²) in [6, 6.07) is 11.0. The molecule has 1 fully saturated rings. The molecule has 158 valence electrons. The number of piperidine rings is 1. The van der Waals surface area contributed by atoms with Gasteiger partial charge in [-0.15, -0.1) is 0 Å². The molecule has 0 amide bonds. The predicted molar refractivity (Wildman–Crippen MR) is 113 cm³/mol. The van der Waals surface area contributed by atoms with E-state index in [2.05, 4.69) is 11.8 Å². The molecule has 0 radical (unpaired) electrons. The highest BCUT2D eigenvalue weighted by Gasteiger charge is 2.31. The Hall–Kier alpha value is -2.86. The lowest BCUT2D eigenvalue weighted by Gasteiger charge is -2.37. The summed E-state index contributed by atoms with van der Waals surface area (Å²) in [5.41, 5.74) is 1.32. The van der Waals surface area contributed by atoms with Gasteiger partial charge in [0, 0.05) is 5.69 Å². The number of aryl methyl sites for hydroxylation is 1. The highest BCUT2D eigenvalue weighted by atomic mass is 19.1. The number of hydrogen-bond acceptors (Lipinski definition) is 4. The predicted octanol–water partition coefficient (Wildman–Crippen LogP) is 4.46. The van der Waals surface area contributed by atoms with E-state index in [4.69, 9.17) is 4.42 Å². The molecule has 0 spiro atoms. The third-order valence-corrected chi connectivity index (χ3v) is 6.04. The van der Waals surface area contributed by atoms with Crippen LogP contribution in [0.2, 0.25) is 0 Å². The third kappa shape index (κ3) is 4.05. The molecule has 4 rings (SSSR count). The van der Waals surface area contributed by atoms with Gasteiger partial charge in [-0.05, 0) is 74.7 Å². The number of halogens is 1. The van der Waals surface area contributed by atoms with Gasteiger partial charge in [0.1, 0.15) is 17.3 Å². The molecule has 0 saturated carbocycles. The third-order valence-electron chi connectivity index (χ3n) is 6.04. The summed E-state index contributed by atoms with van der Waals surface area (Å²) in [5, 5.41) is 10.8. The van der Waals surface area contributed by atoms with E-state index in [0.29, 0.717) is 22.9 Å². The van der Waals surface area contributed by atoms with Crippen LogP contribution in [0.15, 0.2) is 57.9 Å². The number of aromatic nitrogens is 1. The Balaban J connectivity index is 1.84. The number of hydrogen-bond donors (Lipinski definition) is 1. The standard InChI is InChI=1S/C24H27FN2O3/c1-16-8-10-26(11-9-16)23(18-5-3-6-19(25)14-18)22-21(28)13-17(2)27(24(22)29)15-20-7-4-12-30-20/h3-7,12-14,16,23,28H,8-11,15H2,1-2H3/t23-/m1/s1. The first-order valence-electron chi connectivity index (χ1n) is 10.4. The quantitative estimate of drug-likeness (QED) is 0.675. The van der Waals surface area contributed by atoms with Crippen LogP contribution in [0.25, 0.3) is 0 Å². The van der Waals surface area contributed by atoms with E-state index in [1.54, 1.807) is 36.0 Å². The number of nitrogens with zero attached hydrogens (tertiary/aromatic N) is 2. The summed E-state index contributed by atoms with van der Waals surface area (Å²) in [7, 11) is 0.